The smallest absolute Gasteiger partial charge is 0.308 e. The Labute approximate surface area is 157 Å². The fraction of sp³-hybridized carbons (Fsp3) is 0.333. The fourth-order valence-corrected chi connectivity index (χ4v) is 3.81. The van der Waals surface area contributed by atoms with Gasteiger partial charge in [-0.3, -0.25) is 9.59 Å². The molecule has 3 atom stereocenters. The van der Waals surface area contributed by atoms with E-state index in [9.17, 15) is 9.59 Å². The van der Waals surface area contributed by atoms with Crippen molar-refractivity contribution in [3.05, 3.63) is 54.1 Å². The number of esters is 1. The number of benzene rings is 2. The number of carbonyl (C=O) groups excluding carboxylic acids is 2. The van der Waals surface area contributed by atoms with Crippen LogP contribution in [0.15, 0.2) is 48.5 Å². The third-order valence-electron chi connectivity index (χ3n) is 5.04. The molecule has 2 heterocycles. The van der Waals surface area contributed by atoms with E-state index < -0.39 is 0 Å². The van der Waals surface area contributed by atoms with Crippen molar-refractivity contribution in [2.45, 2.75) is 44.3 Å². The normalized spacial score (nSPS) is 23.1. The van der Waals surface area contributed by atoms with Gasteiger partial charge in [-0.2, -0.15) is 0 Å². The van der Waals surface area contributed by atoms with Gasteiger partial charge < -0.3 is 20.1 Å². The van der Waals surface area contributed by atoms with Crippen LogP contribution in [0.3, 0.4) is 0 Å². The summed E-state index contributed by atoms with van der Waals surface area (Å²) in [6.07, 6.45) is 3.35. The van der Waals surface area contributed by atoms with Crippen LogP contribution in [0, 0.1) is 0 Å². The minimum Gasteiger partial charge on any atom is -0.457 e. The van der Waals surface area contributed by atoms with Crippen LogP contribution in [0.2, 0.25) is 0 Å². The number of carbonyl (C=O) groups is 2. The summed E-state index contributed by atoms with van der Waals surface area (Å²) in [5.74, 6) is 1.15. The lowest BCUT2D eigenvalue weighted by molar-refractivity contribution is -0.131. The van der Waals surface area contributed by atoms with Gasteiger partial charge in [-0.05, 0) is 55.7 Å². The van der Waals surface area contributed by atoms with E-state index in [4.69, 9.17) is 9.47 Å². The second kappa shape index (κ2) is 7.40. The van der Waals surface area contributed by atoms with Crippen LogP contribution in [-0.4, -0.2) is 30.0 Å². The number of ether oxygens (including phenoxy) is 2. The van der Waals surface area contributed by atoms with Crippen molar-refractivity contribution in [3.8, 4) is 17.2 Å². The van der Waals surface area contributed by atoms with Gasteiger partial charge in [-0.25, -0.2) is 0 Å². The van der Waals surface area contributed by atoms with Gasteiger partial charge in [-0.15, -0.1) is 0 Å². The summed E-state index contributed by atoms with van der Waals surface area (Å²) in [6, 6.07) is 15.0. The van der Waals surface area contributed by atoms with Crippen molar-refractivity contribution in [2.75, 3.05) is 0 Å². The summed E-state index contributed by atoms with van der Waals surface area (Å²) in [5.41, 5.74) is 0.610. The highest BCUT2D eigenvalue weighted by molar-refractivity contribution is 5.94. The van der Waals surface area contributed by atoms with E-state index >= 15 is 0 Å². The first-order valence-corrected chi connectivity index (χ1v) is 9.20. The zero-order valence-corrected chi connectivity index (χ0v) is 15.1. The lowest BCUT2D eigenvalue weighted by atomic mass is 9.95. The predicted molar refractivity (Wildman–Crippen MR) is 100 cm³/mol. The minimum atomic E-state index is -0.381. The molecule has 0 radical (unpaired) electrons. The highest BCUT2D eigenvalue weighted by atomic mass is 16.5. The van der Waals surface area contributed by atoms with Crippen molar-refractivity contribution in [2.24, 2.45) is 0 Å². The number of nitrogens with one attached hydrogen (secondary N) is 2. The highest BCUT2D eigenvalue weighted by Crippen LogP contribution is 2.29. The van der Waals surface area contributed by atoms with Crippen LogP contribution in [0.5, 0.6) is 17.2 Å². The zero-order valence-electron chi connectivity index (χ0n) is 15.1. The number of amides is 1. The molecule has 140 valence electrons. The van der Waals surface area contributed by atoms with Crippen LogP contribution in [0.1, 0.15) is 36.5 Å². The van der Waals surface area contributed by atoms with Gasteiger partial charge in [0.15, 0.2) is 0 Å². The van der Waals surface area contributed by atoms with Gasteiger partial charge in [0.1, 0.15) is 17.2 Å². The van der Waals surface area contributed by atoms with Crippen molar-refractivity contribution in [3.63, 3.8) is 0 Å². The molecule has 2 aromatic carbocycles. The van der Waals surface area contributed by atoms with Gasteiger partial charge in [-0.1, -0.05) is 6.07 Å². The zero-order chi connectivity index (χ0) is 18.8. The van der Waals surface area contributed by atoms with Crippen molar-refractivity contribution >= 4 is 11.9 Å². The summed E-state index contributed by atoms with van der Waals surface area (Å²) >= 11 is 0. The summed E-state index contributed by atoms with van der Waals surface area (Å²) in [7, 11) is 0. The number of hydrogen-bond donors (Lipinski definition) is 2. The Morgan fingerprint density at radius 3 is 2.48 bits per heavy atom. The van der Waals surface area contributed by atoms with Crippen LogP contribution in [0.25, 0.3) is 0 Å². The Kier molecular flexibility index (Phi) is 4.81. The van der Waals surface area contributed by atoms with Crippen molar-refractivity contribution < 1.29 is 19.1 Å². The molecule has 2 bridgehead atoms. The molecule has 2 aliphatic heterocycles. The Hall–Kier alpha value is -2.86. The van der Waals surface area contributed by atoms with E-state index in [1.54, 1.807) is 48.5 Å². The maximum absolute atomic E-state index is 12.5. The van der Waals surface area contributed by atoms with Gasteiger partial charge >= 0.3 is 5.97 Å². The van der Waals surface area contributed by atoms with Crippen LogP contribution in [-0.2, 0) is 4.79 Å². The summed E-state index contributed by atoms with van der Waals surface area (Å²) < 4.78 is 10.8. The molecule has 27 heavy (non-hydrogen) atoms. The topological polar surface area (TPSA) is 76.7 Å². The SMILES string of the molecule is CC(=O)Oc1cccc(Oc2ccc(C(=O)NC3CC4CCC3N4)cc2)c1. The van der Waals surface area contributed by atoms with Crippen LogP contribution < -0.4 is 20.1 Å². The molecule has 0 saturated carbocycles. The quantitative estimate of drug-likeness (QED) is 0.628. The molecule has 2 aliphatic rings. The van der Waals surface area contributed by atoms with Gasteiger partial charge in [0.25, 0.3) is 5.91 Å². The Morgan fingerprint density at radius 2 is 1.81 bits per heavy atom. The fourth-order valence-electron chi connectivity index (χ4n) is 3.81. The first kappa shape index (κ1) is 17.5. The third-order valence-corrected chi connectivity index (χ3v) is 5.04. The molecule has 0 spiro atoms. The van der Waals surface area contributed by atoms with E-state index in [-0.39, 0.29) is 17.9 Å². The molecule has 2 N–H and O–H groups in total. The van der Waals surface area contributed by atoms with Gasteiger partial charge in [0.2, 0.25) is 0 Å². The Morgan fingerprint density at radius 1 is 1.04 bits per heavy atom. The molecule has 2 saturated heterocycles. The van der Waals surface area contributed by atoms with E-state index in [2.05, 4.69) is 10.6 Å². The monoisotopic (exact) mass is 366 g/mol. The summed E-state index contributed by atoms with van der Waals surface area (Å²) in [5, 5.41) is 6.65. The van der Waals surface area contributed by atoms with E-state index in [1.165, 1.54) is 13.3 Å². The lowest BCUT2D eigenvalue weighted by Crippen LogP contribution is -2.42. The molecule has 0 aliphatic carbocycles. The molecule has 4 rings (SSSR count). The van der Waals surface area contributed by atoms with Crippen molar-refractivity contribution in [1.82, 2.24) is 10.6 Å². The molecule has 6 nitrogen and oxygen atoms in total. The van der Waals surface area contributed by atoms with Crippen molar-refractivity contribution in [1.29, 1.82) is 0 Å². The Bertz CT molecular complexity index is 850. The van der Waals surface area contributed by atoms with E-state index in [1.807, 2.05) is 0 Å². The molecule has 2 aromatic rings. The van der Waals surface area contributed by atoms with Gasteiger partial charge in [0, 0.05) is 36.7 Å². The number of hydrogen-bond acceptors (Lipinski definition) is 5. The highest BCUT2D eigenvalue weighted by Gasteiger charge is 2.39. The lowest BCUT2D eigenvalue weighted by Gasteiger charge is -2.21. The maximum atomic E-state index is 12.5. The second-order valence-electron chi connectivity index (χ2n) is 7.06. The largest absolute Gasteiger partial charge is 0.457 e. The molecule has 6 heteroatoms. The number of rotatable bonds is 5. The molecule has 0 aromatic heterocycles. The minimum absolute atomic E-state index is 0.0576. The average Bonchev–Trinajstić information content (AvgIpc) is 3.25. The first-order valence-electron chi connectivity index (χ1n) is 9.20. The van der Waals surface area contributed by atoms with E-state index in [0.717, 1.165) is 12.8 Å². The molecular formula is C21H22N2O4. The number of fused-ring (bicyclic) bond motifs is 2. The van der Waals surface area contributed by atoms with E-state index in [0.29, 0.717) is 34.9 Å². The average molecular weight is 366 g/mol. The third kappa shape index (κ3) is 4.11. The molecule has 1 amide bonds. The van der Waals surface area contributed by atoms with Crippen LogP contribution in [0.4, 0.5) is 0 Å². The molecular weight excluding hydrogens is 344 g/mol. The maximum Gasteiger partial charge on any atom is 0.308 e. The molecule has 3 unspecified atom stereocenters. The summed E-state index contributed by atoms with van der Waals surface area (Å²) in [6.45, 7) is 1.35. The van der Waals surface area contributed by atoms with Gasteiger partial charge in [0.05, 0.1) is 0 Å². The standard InChI is InChI=1S/C21H22N2O4/c1-13(24)26-17-3-2-4-18(12-17)27-16-8-5-14(6-9-16)21(25)23-20-11-15-7-10-19(20)22-15/h2-6,8-9,12,15,19-20,22H,7,10-11H2,1H3,(H,23,25). The Balaban J connectivity index is 1.37. The second-order valence-corrected chi connectivity index (χ2v) is 7.06. The molecule has 2 fully saturated rings. The predicted octanol–water partition coefficient (Wildman–Crippen LogP) is 3.03. The van der Waals surface area contributed by atoms with Crippen LogP contribution >= 0.6 is 0 Å². The summed E-state index contributed by atoms with van der Waals surface area (Å²) in [4.78, 5) is 23.5. The first-order chi connectivity index (χ1) is 13.1.